The average molecular weight is 450 g/mol. The number of ether oxygens (including phenoxy) is 1. The lowest BCUT2D eigenvalue weighted by Gasteiger charge is -2.37. The first-order valence-electron chi connectivity index (χ1n) is 11.6. The van der Waals surface area contributed by atoms with Crippen LogP contribution in [0.25, 0.3) is 0 Å². The Morgan fingerprint density at radius 2 is 2.00 bits per heavy atom. The standard InChI is InChI=1S/C24H39NO5Si/c1-7-8-9-12-19-18(27)16-24(29-19)17-11-10-13-20(30-31(5,6)23(2,3)4)21(17)22(28)25(24)14-15-26/h10-11,13,18-19,26-27H,7-9,12,14-16H2,1-6H3/t18-,19-,24+/m1/s1. The molecular formula is C24H39NO5Si. The zero-order valence-corrected chi connectivity index (χ0v) is 20.9. The molecule has 6 nitrogen and oxygen atoms in total. The lowest BCUT2D eigenvalue weighted by molar-refractivity contribution is -0.135. The normalized spacial score (nSPS) is 26.1. The largest absolute Gasteiger partial charge is 0.543 e. The van der Waals surface area contributed by atoms with Gasteiger partial charge in [-0.25, -0.2) is 0 Å². The Hall–Kier alpha value is -1.41. The lowest BCUT2D eigenvalue weighted by Crippen LogP contribution is -2.45. The van der Waals surface area contributed by atoms with Gasteiger partial charge in [-0.15, -0.1) is 0 Å². The van der Waals surface area contributed by atoms with E-state index in [9.17, 15) is 15.0 Å². The fraction of sp³-hybridized carbons (Fsp3) is 0.708. The molecule has 0 saturated carbocycles. The first-order valence-corrected chi connectivity index (χ1v) is 14.5. The zero-order chi connectivity index (χ0) is 23.0. The van der Waals surface area contributed by atoms with Crippen LogP contribution in [0, 0.1) is 0 Å². The molecule has 1 fully saturated rings. The number of rotatable bonds is 8. The molecule has 2 aliphatic heterocycles. The molecule has 1 amide bonds. The molecule has 0 radical (unpaired) electrons. The van der Waals surface area contributed by atoms with Crippen LogP contribution in [0.1, 0.15) is 75.7 Å². The van der Waals surface area contributed by atoms with Gasteiger partial charge in [-0.1, -0.05) is 59.1 Å². The van der Waals surface area contributed by atoms with Crippen molar-refractivity contribution >= 4 is 14.2 Å². The van der Waals surface area contributed by atoms with E-state index >= 15 is 0 Å². The highest BCUT2D eigenvalue weighted by Crippen LogP contribution is 2.52. The van der Waals surface area contributed by atoms with Gasteiger partial charge in [0.15, 0.2) is 5.72 Å². The van der Waals surface area contributed by atoms with Gasteiger partial charge in [-0.2, -0.15) is 0 Å². The summed E-state index contributed by atoms with van der Waals surface area (Å²) >= 11 is 0. The van der Waals surface area contributed by atoms with E-state index in [-0.39, 0.29) is 30.2 Å². The lowest BCUT2D eigenvalue weighted by atomic mass is 9.96. The van der Waals surface area contributed by atoms with Crippen LogP contribution in [0.15, 0.2) is 18.2 Å². The number of carbonyl (C=O) groups excluding carboxylic acids is 1. The minimum absolute atomic E-state index is 0.00965. The monoisotopic (exact) mass is 449 g/mol. The molecule has 1 spiro atoms. The van der Waals surface area contributed by atoms with E-state index in [1.807, 2.05) is 18.2 Å². The van der Waals surface area contributed by atoms with Gasteiger partial charge in [0, 0.05) is 18.5 Å². The third kappa shape index (κ3) is 4.30. The number of fused-ring (bicyclic) bond motifs is 2. The van der Waals surface area contributed by atoms with Gasteiger partial charge >= 0.3 is 0 Å². The summed E-state index contributed by atoms with van der Waals surface area (Å²) in [6.07, 6.45) is 3.25. The molecule has 1 aromatic carbocycles. The van der Waals surface area contributed by atoms with Crippen molar-refractivity contribution in [3.8, 4) is 5.75 Å². The fourth-order valence-electron chi connectivity index (χ4n) is 4.40. The van der Waals surface area contributed by atoms with Gasteiger partial charge in [0.1, 0.15) is 5.75 Å². The number of hydrogen-bond donors (Lipinski definition) is 2. The van der Waals surface area contributed by atoms with Crippen molar-refractivity contribution in [1.29, 1.82) is 0 Å². The molecule has 2 N–H and O–H groups in total. The highest BCUT2D eigenvalue weighted by molar-refractivity contribution is 6.74. The van der Waals surface area contributed by atoms with Crippen LogP contribution in [-0.4, -0.2) is 54.7 Å². The molecule has 2 heterocycles. The van der Waals surface area contributed by atoms with Gasteiger partial charge in [-0.3, -0.25) is 4.79 Å². The van der Waals surface area contributed by atoms with Gasteiger partial charge < -0.3 is 24.3 Å². The number of benzene rings is 1. The molecule has 0 unspecified atom stereocenters. The summed E-state index contributed by atoms with van der Waals surface area (Å²) in [4.78, 5) is 15.2. The Morgan fingerprint density at radius 1 is 1.29 bits per heavy atom. The van der Waals surface area contributed by atoms with Crippen LogP contribution in [0.5, 0.6) is 5.75 Å². The molecular weight excluding hydrogens is 410 g/mol. The van der Waals surface area contributed by atoms with Gasteiger partial charge in [0.05, 0.1) is 24.4 Å². The molecule has 2 aliphatic rings. The fourth-order valence-corrected chi connectivity index (χ4v) is 5.43. The summed E-state index contributed by atoms with van der Waals surface area (Å²) in [6.45, 7) is 13.0. The predicted molar refractivity (Wildman–Crippen MR) is 124 cm³/mol. The Bertz CT molecular complexity index is 806. The van der Waals surface area contributed by atoms with E-state index in [1.165, 1.54) is 0 Å². The summed E-state index contributed by atoms with van der Waals surface area (Å²) in [6, 6.07) is 5.67. The number of aliphatic hydroxyl groups is 2. The molecule has 3 rings (SSSR count). The maximum Gasteiger partial charge on any atom is 0.260 e. The molecule has 0 bridgehead atoms. The Labute approximate surface area is 187 Å². The van der Waals surface area contributed by atoms with E-state index in [0.717, 1.165) is 31.2 Å². The number of aliphatic hydroxyl groups excluding tert-OH is 2. The van der Waals surface area contributed by atoms with Crippen molar-refractivity contribution in [2.24, 2.45) is 0 Å². The SMILES string of the molecule is CCCCC[C@H]1O[C@@]2(C[C@H]1O)c1cccc(O[Si](C)(C)C(C)(C)C)c1C(=O)N2CCO. The molecule has 3 atom stereocenters. The van der Waals surface area contributed by atoms with Crippen LogP contribution in [0.4, 0.5) is 0 Å². The number of amides is 1. The molecule has 174 valence electrons. The van der Waals surface area contributed by atoms with E-state index in [4.69, 9.17) is 9.16 Å². The number of nitrogens with zero attached hydrogens (tertiary/aromatic N) is 1. The minimum Gasteiger partial charge on any atom is -0.543 e. The predicted octanol–water partition coefficient (Wildman–Crippen LogP) is 4.40. The number of unbranched alkanes of at least 4 members (excludes halogenated alkanes) is 2. The Morgan fingerprint density at radius 3 is 2.61 bits per heavy atom. The van der Waals surface area contributed by atoms with Gasteiger partial charge in [0.2, 0.25) is 0 Å². The smallest absolute Gasteiger partial charge is 0.260 e. The number of carbonyl (C=O) groups is 1. The molecule has 1 saturated heterocycles. The van der Waals surface area contributed by atoms with Crippen LogP contribution in [0.2, 0.25) is 18.1 Å². The maximum absolute atomic E-state index is 13.6. The summed E-state index contributed by atoms with van der Waals surface area (Å²) < 4.78 is 13.0. The van der Waals surface area contributed by atoms with Crippen LogP contribution < -0.4 is 4.43 Å². The van der Waals surface area contributed by atoms with Crippen molar-refractivity contribution in [3.05, 3.63) is 29.3 Å². The Balaban J connectivity index is 2.02. The second kappa shape index (κ2) is 8.85. The molecule has 0 aromatic heterocycles. The van der Waals surface area contributed by atoms with E-state index in [2.05, 4.69) is 40.8 Å². The third-order valence-corrected chi connectivity index (χ3v) is 11.5. The van der Waals surface area contributed by atoms with E-state index in [1.54, 1.807) is 4.90 Å². The topological polar surface area (TPSA) is 79.2 Å². The second-order valence-electron chi connectivity index (χ2n) is 10.4. The third-order valence-electron chi connectivity index (χ3n) is 7.19. The van der Waals surface area contributed by atoms with Crippen LogP contribution in [-0.2, 0) is 10.5 Å². The summed E-state index contributed by atoms with van der Waals surface area (Å²) in [5.74, 6) is 0.390. The molecule has 31 heavy (non-hydrogen) atoms. The van der Waals surface area contributed by atoms with Crippen molar-refractivity contribution in [2.45, 2.75) is 95.9 Å². The molecule has 0 aliphatic carbocycles. The summed E-state index contributed by atoms with van der Waals surface area (Å²) in [5, 5.41) is 20.5. The first-order chi connectivity index (χ1) is 14.5. The van der Waals surface area contributed by atoms with Crippen LogP contribution >= 0.6 is 0 Å². The number of β-amino-alcohol motifs (C(OH)–C–C–N with tert-alkyl or cyclic N) is 1. The van der Waals surface area contributed by atoms with Gasteiger partial charge in [0.25, 0.3) is 14.2 Å². The zero-order valence-electron chi connectivity index (χ0n) is 19.9. The average Bonchev–Trinajstić information content (AvgIpc) is 3.12. The van der Waals surface area contributed by atoms with Crippen molar-refractivity contribution in [1.82, 2.24) is 4.90 Å². The van der Waals surface area contributed by atoms with E-state index in [0.29, 0.717) is 17.7 Å². The van der Waals surface area contributed by atoms with E-state index < -0.39 is 20.1 Å². The van der Waals surface area contributed by atoms with Crippen molar-refractivity contribution in [2.75, 3.05) is 13.2 Å². The summed E-state index contributed by atoms with van der Waals surface area (Å²) in [5.41, 5.74) is 0.222. The van der Waals surface area contributed by atoms with Crippen molar-refractivity contribution in [3.63, 3.8) is 0 Å². The first kappa shape index (κ1) is 24.2. The quantitative estimate of drug-likeness (QED) is 0.454. The van der Waals surface area contributed by atoms with Crippen molar-refractivity contribution < 1.29 is 24.2 Å². The highest BCUT2D eigenvalue weighted by atomic mass is 28.4. The minimum atomic E-state index is -2.17. The number of hydrogen-bond acceptors (Lipinski definition) is 5. The molecule has 7 heteroatoms. The maximum atomic E-state index is 13.6. The molecule has 1 aromatic rings. The summed E-state index contributed by atoms with van der Waals surface area (Å²) in [7, 11) is -2.17. The second-order valence-corrected chi connectivity index (χ2v) is 15.2. The van der Waals surface area contributed by atoms with Crippen LogP contribution in [0.3, 0.4) is 0 Å². The Kier molecular flexibility index (Phi) is 6.92. The highest BCUT2D eigenvalue weighted by Gasteiger charge is 2.58. The van der Waals surface area contributed by atoms with Gasteiger partial charge in [-0.05, 0) is 30.6 Å².